The summed E-state index contributed by atoms with van der Waals surface area (Å²) in [6.07, 6.45) is 8.44. The van der Waals surface area contributed by atoms with Crippen molar-refractivity contribution in [1.82, 2.24) is 14.9 Å². The Morgan fingerprint density at radius 3 is 2.77 bits per heavy atom. The standard InChI is InChI=1S/C17H19N5/c1-22-16(18)21-10-17(22)6-5-15-12(7-17)3-2-4-14(15)13-8-19-11-20-9-13/h2-4,8-9,11H,5-7,10H2,1H3,(H2,18,21). The monoisotopic (exact) mass is 293 g/mol. The van der Waals surface area contributed by atoms with Crippen molar-refractivity contribution in [2.45, 2.75) is 24.8 Å². The van der Waals surface area contributed by atoms with E-state index in [2.05, 4.69) is 45.1 Å². The summed E-state index contributed by atoms with van der Waals surface area (Å²) in [4.78, 5) is 14.9. The van der Waals surface area contributed by atoms with Gasteiger partial charge in [0.1, 0.15) is 6.33 Å². The molecule has 1 unspecified atom stereocenters. The fraction of sp³-hybridized carbons (Fsp3) is 0.353. The fourth-order valence-electron chi connectivity index (χ4n) is 3.71. The van der Waals surface area contributed by atoms with E-state index in [1.165, 1.54) is 16.7 Å². The lowest BCUT2D eigenvalue weighted by molar-refractivity contribution is 0.207. The molecule has 2 heterocycles. The predicted molar refractivity (Wildman–Crippen MR) is 86.5 cm³/mol. The van der Waals surface area contributed by atoms with E-state index in [-0.39, 0.29) is 5.54 Å². The van der Waals surface area contributed by atoms with Gasteiger partial charge in [0.25, 0.3) is 0 Å². The van der Waals surface area contributed by atoms with E-state index in [0.29, 0.717) is 5.96 Å². The molecule has 5 heteroatoms. The van der Waals surface area contributed by atoms with Crippen LogP contribution < -0.4 is 5.73 Å². The first-order chi connectivity index (χ1) is 10.7. The molecule has 1 aliphatic heterocycles. The zero-order chi connectivity index (χ0) is 15.2. The molecule has 1 aromatic carbocycles. The second-order valence-corrected chi connectivity index (χ2v) is 6.20. The summed E-state index contributed by atoms with van der Waals surface area (Å²) in [5.41, 5.74) is 11.2. The molecule has 2 N–H and O–H groups in total. The second-order valence-electron chi connectivity index (χ2n) is 6.20. The average Bonchev–Trinajstić information content (AvgIpc) is 2.83. The molecule has 1 aromatic heterocycles. The summed E-state index contributed by atoms with van der Waals surface area (Å²) in [6.45, 7) is 0.799. The number of likely N-dealkylation sites (N-methyl/N-ethyl adjacent to an activating group) is 1. The second kappa shape index (κ2) is 4.80. The minimum absolute atomic E-state index is 0.0584. The molecule has 112 valence electrons. The first kappa shape index (κ1) is 13.2. The Morgan fingerprint density at radius 1 is 1.23 bits per heavy atom. The molecule has 0 saturated carbocycles. The highest BCUT2D eigenvalue weighted by atomic mass is 15.3. The van der Waals surface area contributed by atoms with Gasteiger partial charge in [-0.15, -0.1) is 0 Å². The highest BCUT2D eigenvalue weighted by Gasteiger charge is 2.42. The molecule has 1 atom stereocenters. The third-order valence-electron chi connectivity index (χ3n) is 5.10. The number of aliphatic imine (C=N–C) groups is 1. The Balaban J connectivity index is 1.74. The van der Waals surface area contributed by atoms with Gasteiger partial charge in [0.2, 0.25) is 0 Å². The van der Waals surface area contributed by atoms with Crippen LogP contribution in [0.25, 0.3) is 11.1 Å². The number of fused-ring (bicyclic) bond motifs is 1. The zero-order valence-electron chi connectivity index (χ0n) is 12.7. The molecule has 2 aromatic rings. The molecule has 0 bridgehead atoms. The van der Waals surface area contributed by atoms with Crippen LogP contribution in [0, 0.1) is 0 Å². The van der Waals surface area contributed by atoms with Crippen LogP contribution in [-0.2, 0) is 12.8 Å². The van der Waals surface area contributed by atoms with Crippen molar-refractivity contribution in [1.29, 1.82) is 0 Å². The molecule has 0 fully saturated rings. The summed E-state index contributed by atoms with van der Waals surface area (Å²) >= 11 is 0. The van der Waals surface area contributed by atoms with Crippen molar-refractivity contribution < 1.29 is 0 Å². The van der Waals surface area contributed by atoms with Crippen molar-refractivity contribution in [2.24, 2.45) is 10.7 Å². The number of hydrogen-bond acceptors (Lipinski definition) is 5. The number of rotatable bonds is 1. The van der Waals surface area contributed by atoms with Crippen LogP contribution in [-0.4, -0.2) is 40.0 Å². The van der Waals surface area contributed by atoms with Crippen molar-refractivity contribution in [2.75, 3.05) is 13.6 Å². The van der Waals surface area contributed by atoms with Crippen LogP contribution in [0.4, 0.5) is 0 Å². The van der Waals surface area contributed by atoms with E-state index in [9.17, 15) is 0 Å². The normalized spacial score (nSPS) is 23.5. The summed E-state index contributed by atoms with van der Waals surface area (Å²) in [5.74, 6) is 0.663. The van der Waals surface area contributed by atoms with Gasteiger partial charge in [-0.3, -0.25) is 4.99 Å². The maximum absolute atomic E-state index is 5.98. The summed E-state index contributed by atoms with van der Waals surface area (Å²) in [5, 5.41) is 0. The van der Waals surface area contributed by atoms with Crippen molar-refractivity contribution in [3.63, 3.8) is 0 Å². The quantitative estimate of drug-likeness (QED) is 0.868. The summed E-state index contributed by atoms with van der Waals surface area (Å²) < 4.78 is 0. The van der Waals surface area contributed by atoms with Crippen molar-refractivity contribution in [3.05, 3.63) is 48.0 Å². The third kappa shape index (κ3) is 1.89. The van der Waals surface area contributed by atoms with Gasteiger partial charge in [-0.05, 0) is 36.0 Å². The molecule has 0 saturated heterocycles. The molecule has 0 amide bonds. The number of guanidine groups is 1. The van der Waals surface area contributed by atoms with Gasteiger partial charge < -0.3 is 10.6 Å². The zero-order valence-corrected chi connectivity index (χ0v) is 12.7. The Morgan fingerprint density at radius 2 is 2.05 bits per heavy atom. The van der Waals surface area contributed by atoms with E-state index in [1.807, 2.05) is 12.4 Å². The predicted octanol–water partition coefficient (Wildman–Crippen LogP) is 1.63. The van der Waals surface area contributed by atoms with Crippen LogP contribution in [0.1, 0.15) is 17.5 Å². The van der Waals surface area contributed by atoms with Crippen LogP contribution in [0.3, 0.4) is 0 Å². The van der Waals surface area contributed by atoms with E-state index >= 15 is 0 Å². The molecule has 2 aliphatic rings. The number of nitrogens with two attached hydrogens (primary N) is 1. The van der Waals surface area contributed by atoms with E-state index in [1.54, 1.807) is 6.33 Å². The molecular formula is C17H19N5. The van der Waals surface area contributed by atoms with Gasteiger partial charge in [-0.1, -0.05) is 18.2 Å². The number of benzene rings is 1. The first-order valence-electron chi connectivity index (χ1n) is 7.59. The number of aromatic nitrogens is 2. The van der Waals surface area contributed by atoms with Gasteiger partial charge in [0, 0.05) is 25.0 Å². The third-order valence-corrected chi connectivity index (χ3v) is 5.10. The van der Waals surface area contributed by atoms with Crippen molar-refractivity contribution >= 4 is 5.96 Å². The van der Waals surface area contributed by atoms with Crippen LogP contribution >= 0.6 is 0 Å². The van der Waals surface area contributed by atoms with Crippen LogP contribution in [0.15, 0.2) is 41.9 Å². The Hall–Kier alpha value is -2.43. The number of hydrogen-bond donors (Lipinski definition) is 1. The summed E-state index contributed by atoms with van der Waals surface area (Å²) in [6, 6.07) is 6.52. The fourth-order valence-corrected chi connectivity index (χ4v) is 3.71. The molecule has 0 radical (unpaired) electrons. The number of nitrogens with zero attached hydrogens (tertiary/aromatic N) is 4. The van der Waals surface area contributed by atoms with Gasteiger partial charge in [-0.25, -0.2) is 9.97 Å². The van der Waals surface area contributed by atoms with Crippen LogP contribution in [0.5, 0.6) is 0 Å². The highest BCUT2D eigenvalue weighted by Crippen LogP contribution is 2.39. The Kier molecular flexibility index (Phi) is 2.89. The molecule has 1 aliphatic carbocycles. The van der Waals surface area contributed by atoms with E-state index < -0.39 is 0 Å². The minimum Gasteiger partial charge on any atom is -0.370 e. The van der Waals surface area contributed by atoms with E-state index in [0.717, 1.165) is 31.4 Å². The van der Waals surface area contributed by atoms with E-state index in [4.69, 9.17) is 5.73 Å². The lowest BCUT2D eigenvalue weighted by Crippen LogP contribution is -2.52. The first-order valence-corrected chi connectivity index (χ1v) is 7.59. The van der Waals surface area contributed by atoms with Crippen LogP contribution in [0.2, 0.25) is 0 Å². The average molecular weight is 293 g/mol. The summed E-state index contributed by atoms with van der Waals surface area (Å²) in [7, 11) is 2.06. The Labute approximate surface area is 129 Å². The maximum atomic E-state index is 5.98. The van der Waals surface area contributed by atoms with Crippen molar-refractivity contribution in [3.8, 4) is 11.1 Å². The lowest BCUT2D eigenvalue weighted by Gasteiger charge is -2.41. The largest absolute Gasteiger partial charge is 0.370 e. The molecule has 22 heavy (non-hydrogen) atoms. The molecule has 1 spiro atoms. The Bertz CT molecular complexity index is 740. The maximum Gasteiger partial charge on any atom is 0.191 e. The molecular weight excluding hydrogens is 274 g/mol. The smallest absolute Gasteiger partial charge is 0.191 e. The highest BCUT2D eigenvalue weighted by molar-refractivity contribution is 5.81. The molecule has 4 rings (SSSR count). The molecule has 5 nitrogen and oxygen atoms in total. The van der Waals surface area contributed by atoms with Gasteiger partial charge in [-0.2, -0.15) is 0 Å². The van der Waals surface area contributed by atoms with Gasteiger partial charge in [0.15, 0.2) is 5.96 Å². The van der Waals surface area contributed by atoms with Gasteiger partial charge >= 0.3 is 0 Å². The lowest BCUT2D eigenvalue weighted by atomic mass is 9.75. The van der Waals surface area contributed by atoms with Gasteiger partial charge in [0.05, 0.1) is 12.1 Å². The topological polar surface area (TPSA) is 67.4 Å². The SMILES string of the molecule is CN1C(N)=NCC12CCc1c(cccc1-c1cncnc1)C2. The minimum atomic E-state index is 0.0584.